The lowest BCUT2D eigenvalue weighted by Gasteiger charge is -2.38. The van der Waals surface area contributed by atoms with Crippen molar-refractivity contribution in [2.24, 2.45) is 0 Å². The molecule has 0 spiro atoms. The monoisotopic (exact) mass is 413 g/mol. The Bertz CT molecular complexity index is 1130. The molecular formula is C24H23N5O2. The van der Waals surface area contributed by atoms with Gasteiger partial charge in [-0.15, -0.1) is 10.2 Å². The van der Waals surface area contributed by atoms with Crippen molar-refractivity contribution >= 4 is 23.3 Å². The SMILES string of the molecule is Cc1c(C(=O)Nc2ccccc2)nnc2c1CC1CN(C(=O)c3ccccc3)CCN21. The quantitative estimate of drug-likeness (QED) is 0.714. The van der Waals surface area contributed by atoms with Gasteiger partial charge in [0.15, 0.2) is 11.5 Å². The number of para-hydroxylation sites is 1. The molecule has 1 aromatic heterocycles. The number of benzene rings is 2. The van der Waals surface area contributed by atoms with Crippen LogP contribution in [-0.4, -0.2) is 52.6 Å². The van der Waals surface area contributed by atoms with Crippen molar-refractivity contribution in [1.29, 1.82) is 0 Å². The topological polar surface area (TPSA) is 78.4 Å². The van der Waals surface area contributed by atoms with E-state index in [1.165, 1.54) is 0 Å². The minimum absolute atomic E-state index is 0.0574. The van der Waals surface area contributed by atoms with Crippen LogP contribution in [0.1, 0.15) is 32.0 Å². The van der Waals surface area contributed by atoms with Crippen LogP contribution in [-0.2, 0) is 6.42 Å². The number of fused-ring (bicyclic) bond motifs is 3. The van der Waals surface area contributed by atoms with E-state index in [9.17, 15) is 9.59 Å². The van der Waals surface area contributed by atoms with Gasteiger partial charge in [-0.2, -0.15) is 0 Å². The van der Waals surface area contributed by atoms with E-state index in [1.54, 1.807) is 0 Å². The Morgan fingerprint density at radius 1 is 0.968 bits per heavy atom. The fourth-order valence-corrected chi connectivity index (χ4v) is 4.44. The number of nitrogens with one attached hydrogen (secondary N) is 1. The molecule has 0 bridgehead atoms. The molecule has 1 atom stereocenters. The minimum atomic E-state index is -0.259. The van der Waals surface area contributed by atoms with Crippen LogP contribution in [0.2, 0.25) is 0 Å². The second kappa shape index (κ2) is 7.83. The highest BCUT2D eigenvalue weighted by Gasteiger charge is 2.38. The van der Waals surface area contributed by atoms with Gasteiger partial charge in [-0.1, -0.05) is 36.4 Å². The molecule has 3 heterocycles. The second-order valence-electron chi connectivity index (χ2n) is 7.96. The van der Waals surface area contributed by atoms with Crippen LogP contribution in [0.25, 0.3) is 0 Å². The van der Waals surface area contributed by atoms with E-state index in [0.717, 1.165) is 29.1 Å². The van der Waals surface area contributed by atoms with Crippen LogP contribution in [0.4, 0.5) is 11.5 Å². The smallest absolute Gasteiger partial charge is 0.276 e. The van der Waals surface area contributed by atoms with Gasteiger partial charge in [0, 0.05) is 36.4 Å². The number of hydrogen-bond donors (Lipinski definition) is 1. The number of carbonyl (C=O) groups excluding carboxylic acids is 2. The summed E-state index contributed by atoms with van der Waals surface area (Å²) in [5.74, 6) is 0.636. The number of aromatic nitrogens is 2. The molecule has 2 amide bonds. The molecular weight excluding hydrogens is 390 g/mol. The number of rotatable bonds is 3. The third-order valence-corrected chi connectivity index (χ3v) is 6.07. The molecule has 7 nitrogen and oxygen atoms in total. The van der Waals surface area contributed by atoms with Gasteiger partial charge in [-0.3, -0.25) is 9.59 Å². The Labute approximate surface area is 180 Å². The van der Waals surface area contributed by atoms with Crippen LogP contribution < -0.4 is 10.2 Å². The summed E-state index contributed by atoms with van der Waals surface area (Å²) in [6, 6.07) is 18.9. The molecule has 1 unspecified atom stereocenters. The Hall–Kier alpha value is -3.74. The Balaban J connectivity index is 1.34. The van der Waals surface area contributed by atoms with Crippen LogP contribution >= 0.6 is 0 Å². The Morgan fingerprint density at radius 2 is 1.68 bits per heavy atom. The third kappa shape index (κ3) is 3.52. The lowest BCUT2D eigenvalue weighted by atomic mass is 10.0. The van der Waals surface area contributed by atoms with Crippen LogP contribution in [0, 0.1) is 6.92 Å². The van der Waals surface area contributed by atoms with E-state index in [-0.39, 0.29) is 17.9 Å². The first-order valence-corrected chi connectivity index (χ1v) is 10.5. The summed E-state index contributed by atoms with van der Waals surface area (Å²) in [5, 5.41) is 11.5. The number of amides is 2. The first-order valence-electron chi connectivity index (χ1n) is 10.5. The Kier molecular flexibility index (Phi) is 4.86. The van der Waals surface area contributed by atoms with Crippen molar-refractivity contribution in [2.45, 2.75) is 19.4 Å². The maximum absolute atomic E-state index is 12.9. The third-order valence-electron chi connectivity index (χ3n) is 6.07. The first-order chi connectivity index (χ1) is 15.1. The van der Waals surface area contributed by atoms with Gasteiger partial charge in [-0.25, -0.2) is 0 Å². The summed E-state index contributed by atoms with van der Waals surface area (Å²) in [6.07, 6.45) is 0.751. The van der Waals surface area contributed by atoms with Gasteiger partial charge in [0.05, 0.1) is 6.04 Å². The highest BCUT2D eigenvalue weighted by Crippen LogP contribution is 2.35. The lowest BCUT2D eigenvalue weighted by molar-refractivity contribution is 0.0724. The molecule has 3 aromatic rings. The van der Waals surface area contributed by atoms with Crippen LogP contribution in [0.5, 0.6) is 0 Å². The largest absolute Gasteiger partial charge is 0.348 e. The van der Waals surface area contributed by atoms with Gasteiger partial charge in [0.2, 0.25) is 0 Å². The molecule has 2 aromatic carbocycles. The fraction of sp³-hybridized carbons (Fsp3) is 0.250. The molecule has 7 heteroatoms. The molecule has 0 aliphatic carbocycles. The molecule has 156 valence electrons. The van der Waals surface area contributed by atoms with Crippen molar-refractivity contribution in [2.75, 3.05) is 29.9 Å². The number of nitrogens with zero attached hydrogens (tertiary/aromatic N) is 4. The van der Waals surface area contributed by atoms with Crippen molar-refractivity contribution < 1.29 is 9.59 Å². The van der Waals surface area contributed by atoms with E-state index in [1.807, 2.05) is 72.5 Å². The molecule has 5 rings (SSSR count). The minimum Gasteiger partial charge on any atom is -0.348 e. The molecule has 0 radical (unpaired) electrons. The highest BCUT2D eigenvalue weighted by molar-refractivity contribution is 6.04. The summed E-state index contributed by atoms with van der Waals surface area (Å²) >= 11 is 0. The normalized spacial score (nSPS) is 17.1. The molecule has 1 saturated heterocycles. The van der Waals surface area contributed by atoms with Crippen molar-refractivity contribution in [3.8, 4) is 0 Å². The number of hydrogen-bond acceptors (Lipinski definition) is 5. The van der Waals surface area contributed by atoms with E-state index < -0.39 is 0 Å². The van der Waals surface area contributed by atoms with Crippen molar-refractivity contribution in [3.63, 3.8) is 0 Å². The van der Waals surface area contributed by atoms with Gasteiger partial charge >= 0.3 is 0 Å². The summed E-state index contributed by atoms with van der Waals surface area (Å²) in [7, 11) is 0. The number of anilines is 2. The second-order valence-corrected chi connectivity index (χ2v) is 7.96. The highest BCUT2D eigenvalue weighted by atomic mass is 16.2. The molecule has 0 saturated carbocycles. The average Bonchev–Trinajstić information content (AvgIpc) is 3.19. The molecule has 1 fully saturated rings. The zero-order valence-corrected chi connectivity index (χ0v) is 17.3. The predicted molar refractivity (Wildman–Crippen MR) is 118 cm³/mol. The van der Waals surface area contributed by atoms with Gasteiger partial charge < -0.3 is 15.1 Å². The Morgan fingerprint density at radius 3 is 2.42 bits per heavy atom. The maximum Gasteiger partial charge on any atom is 0.276 e. The first kappa shape index (κ1) is 19.2. The zero-order chi connectivity index (χ0) is 21.4. The van der Waals surface area contributed by atoms with Crippen LogP contribution in [0.15, 0.2) is 60.7 Å². The number of piperazine rings is 1. The molecule has 2 aliphatic heterocycles. The van der Waals surface area contributed by atoms with Gasteiger partial charge in [0.25, 0.3) is 11.8 Å². The maximum atomic E-state index is 12.9. The lowest BCUT2D eigenvalue weighted by Crippen LogP contribution is -2.53. The summed E-state index contributed by atoms with van der Waals surface area (Å²) in [6.45, 7) is 3.91. The van der Waals surface area contributed by atoms with Gasteiger partial charge in [0.1, 0.15) is 0 Å². The van der Waals surface area contributed by atoms with E-state index >= 15 is 0 Å². The average molecular weight is 413 g/mol. The predicted octanol–water partition coefficient (Wildman–Crippen LogP) is 2.92. The van der Waals surface area contributed by atoms with Crippen molar-refractivity contribution in [1.82, 2.24) is 15.1 Å². The fourth-order valence-electron chi connectivity index (χ4n) is 4.44. The standard InChI is InChI=1S/C24H23N5O2/c1-16-20-14-19-15-28(24(31)17-8-4-2-5-9-17)12-13-29(19)22(20)27-26-21(16)23(30)25-18-10-6-3-7-11-18/h2-11,19H,12-15H2,1H3,(H,25,30). The molecule has 31 heavy (non-hydrogen) atoms. The van der Waals surface area contributed by atoms with Gasteiger partial charge in [-0.05, 0) is 43.2 Å². The van der Waals surface area contributed by atoms with Crippen LogP contribution in [0.3, 0.4) is 0 Å². The summed E-state index contributed by atoms with van der Waals surface area (Å²) < 4.78 is 0. The molecule has 1 N–H and O–H groups in total. The molecule has 2 aliphatic rings. The number of carbonyl (C=O) groups is 2. The summed E-state index contributed by atoms with van der Waals surface area (Å²) in [5.41, 5.74) is 3.68. The van der Waals surface area contributed by atoms with E-state index in [4.69, 9.17) is 0 Å². The van der Waals surface area contributed by atoms with Crippen molar-refractivity contribution in [3.05, 3.63) is 83.0 Å². The zero-order valence-electron chi connectivity index (χ0n) is 17.3. The summed E-state index contributed by atoms with van der Waals surface area (Å²) in [4.78, 5) is 29.8. The van der Waals surface area contributed by atoms with E-state index in [0.29, 0.717) is 30.9 Å². The van der Waals surface area contributed by atoms with E-state index in [2.05, 4.69) is 20.4 Å².